The van der Waals surface area contributed by atoms with Crippen molar-refractivity contribution in [2.45, 2.75) is 32.7 Å². The standard InChI is InChI=1S/C17H27N3O/c1-5-18-16-7-6-13(2)12-15(16)17(21)20-10-8-14(9-11-20)19(3)4/h6-7,12,14,18H,5,8-11H2,1-4H3. The Morgan fingerprint density at radius 3 is 2.57 bits per heavy atom. The molecule has 1 aromatic rings. The van der Waals surface area contributed by atoms with Crippen molar-refractivity contribution in [1.82, 2.24) is 9.80 Å². The van der Waals surface area contributed by atoms with Crippen LogP contribution in [0, 0.1) is 6.92 Å². The third-order valence-corrected chi connectivity index (χ3v) is 4.25. The molecule has 0 aliphatic carbocycles. The van der Waals surface area contributed by atoms with Gasteiger partial charge in [0.15, 0.2) is 0 Å². The fourth-order valence-corrected chi connectivity index (χ4v) is 2.94. The maximum absolute atomic E-state index is 12.8. The molecule has 1 fully saturated rings. The van der Waals surface area contributed by atoms with Gasteiger partial charge >= 0.3 is 0 Å². The summed E-state index contributed by atoms with van der Waals surface area (Å²) in [5.41, 5.74) is 2.88. The molecule has 0 atom stereocenters. The van der Waals surface area contributed by atoms with E-state index in [1.54, 1.807) is 0 Å². The van der Waals surface area contributed by atoms with Crippen LogP contribution in [0.3, 0.4) is 0 Å². The minimum absolute atomic E-state index is 0.159. The van der Waals surface area contributed by atoms with Crippen molar-refractivity contribution in [3.8, 4) is 0 Å². The average Bonchev–Trinajstić information content (AvgIpc) is 2.48. The van der Waals surface area contributed by atoms with Crippen LogP contribution in [-0.2, 0) is 0 Å². The molecule has 1 aromatic carbocycles. The van der Waals surface area contributed by atoms with Gasteiger partial charge in [-0.25, -0.2) is 0 Å². The molecule has 4 heteroatoms. The number of hydrogen-bond donors (Lipinski definition) is 1. The Morgan fingerprint density at radius 1 is 1.33 bits per heavy atom. The Kier molecular flexibility index (Phi) is 5.23. The summed E-state index contributed by atoms with van der Waals surface area (Å²) >= 11 is 0. The summed E-state index contributed by atoms with van der Waals surface area (Å²) in [7, 11) is 4.23. The van der Waals surface area contributed by atoms with Gasteiger partial charge in [-0.2, -0.15) is 0 Å². The number of carbonyl (C=O) groups is 1. The van der Waals surface area contributed by atoms with Crippen LogP contribution in [-0.4, -0.2) is 55.5 Å². The molecule has 1 aliphatic rings. The lowest BCUT2D eigenvalue weighted by atomic mass is 10.0. The van der Waals surface area contributed by atoms with Crippen molar-refractivity contribution < 1.29 is 4.79 Å². The van der Waals surface area contributed by atoms with Crippen molar-refractivity contribution in [1.29, 1.82) is 0 Å². The van der Waals surface area contributed by atoms with E-state index < -0.39 is 0 Å². The zero-order valence-corrected chi connectivity index (χ0v) is 13.6. The molecule has 0 bridgehead atoms. The van der Waals surface area contributed by atoms with Crippen LogP contribution in [0.25, 0.3) is 0 Å². The van der Waals surface area contributed by atoms with E-state index in [9.17, 15) is 4.79 Å². The monoisotopic (exact) mass is 289 g/mol. The number of carbonyl (C=O) groups excluding carboxylic acids is 1. The van der Waals surface area contributed by atoms with Gasteiger partial charge in [-0.15, -0.1) is 0 Å². The number of nitrogens with zero attached hydrogens (tertiary/aromatic N) is 2. The highest BCUT2D eigenvalue weighted by Crippen LogP contribution is 2.22. The fourth-order valence-electron chi connectivity index (χ4n) is 2.94. The summed E-state index contributed by atoms with van der Waals surface area (Å²) in [6.07, 6.45) is 2.11. The molecule has 0 spiro atoms. The fraction of sp³-hybridized carbons (Fsp3) is 0.588. The molecule has 0 radical (unpaired) electrons. The van der Waals surface area contributed by atoms with E-state index in [1.807, 2.05) is 30.0 Å². The highest BCUT2D eigenvalue weighted by atomic mass is 16.2. The molecule has 0 saturated carbocycles. The Labute approximate surface area is 128 Å². The second-order valence-corrected chi connectivity index (χ2v) is 6.07. The molecule has 1 amide bonds. The summed E-state index contributed by atoms with van der Waals surface area (Å²) in [5, 5.41) is 3.29. The van der Waals surface area contributed by atoms with Gasteiger partial charge in [0.2, 0.25) is 0 Å². The molecule has 1 heterocycles. The van der Waals surface area contributed by atoms with E-state index >= 15 is 0 Å². The molecule has 0 aromatic heterocycles. The molecular weight excluding hydrogens is 262 g/mol. The normalized spacial score (nSPS) is 16.3. The summed E-state index contributed by atoms with van der Waals surface area (Å²) in [5.74, 6) is 0.159. The first-order valence-corrected chi connectivity index (χ1v) is 7.83. The summed E-state index contributed by atoms with van der Waals surface area (Å²) < 4.78 is 0. The Balaban J connectivity index is 2.12. The van der Waals surface area contributed by atoms with Gasteiger partial charge in [0.05, 0.1) is 5.56 Å². The number of aryl methyl sites for hydroxylation is 1. The van der Waals surface area contributed by atoms with Crippen molar-refractivity contribution >= 4 is 11.6 Å². The highest BCUT2D eigenvalue weighted by Gasteiger charge is 2.25. The molecule has 1 N–H and O–H groups in total. The van der Waals surface area contributed by atoms with Gasteiger partial charge in [-0.3, -0.25) is 4.79 Å². The molecule has 21 heavy (non-hydrogen) atoms. The number of likely N-dealkylation sites (tertiary alicyclic amines) is 1. The minimum atomic E-state index is 0.159. The molecule has 116 valence electrons. The number of rotatable bonds is 4. The number of hydrogen-bond acceptors (Lipinski definition) is 3. The van der Waals surface area contributed by atoms with Crippen LogP contribution in [0.2, 0.25) is 0 Å². The molecule has 2 rings (SSSR count). The van der Waals surface area contributed by atoms with E-state index in [4.69, 9.17) is 0 Å². The second-order valence-electron chi connectivity index (χ2n) is 6.07. The predicted molar refractivity (Wildman–Crippen MR) is 88.0 cm³/mol. The van der Waals surface area contributed by atoms with E-state index in [-0.39, 0.29) is 5.91 Å². The Bertz CT molecular complexity index is 491. The molecule has 4 nitrogen and oxygen atoms in total. The molecule has 1 saturated heterocycles. The topological polar surface area (TPSA) is 35.6 Å². The van der Waals surface area contributed by atoms with Crippen LogP contribution in [0.4, 0.5) is 5.69 Å². The maximum Gasteiger partial charge on any atom is 0.255 e. The highest BCUT2D eigenvalue weighted by molar-refractivity contribution is 5.99. The first kappa shape index (κ1) is 15.8. The van der Waals surface area contributed by atoms with Crippen molar-refractivity contribution in [3.05, 3.63) is 29.3 Å². The van der Waals surface area contributed by atoms with Gasteiger partial charge in [0.25, 0.3) is 5.91 Å². The summed E-state index contributed by atoms with van der Waals surface area (Å²) in [6.45, 7) is 6.61. The Morgan fingerprint density at radius 2 is 2.00 bits per heavy atom. The van der Waals surface area contributed by atoms with E-state index in [1.165, 1.54) is 0 Å². The van der Waals surface area contributed by atoms with E-state index in [0.29, 0.717) is 6.04 Å². The average molecular weight is 289 g/mol. The minimum Gasteiger partial charge on any atom is -0.385 e. The smallest absolute Gasteiger partial charge is 0.255 e. The van der Waals surface area contributed by atoms with Crippen LogP contribution in [0.5, 0.6) is 0 Å². The second kappa shape index (κ2) is 6.94. The molecular formula is C17H27N3O. The van der Waals surface area contributed by atoms with Gasteiger partial charge in [-0.1, -0.05) is 11.6 Å². The van der Waals surface area contributed by atoms with E-state index in [2.05, 4.69) is 31.2 Å². The zero-order valence-electron chi connectivity index (χ0n) is 13.6. The number of anilines is 1. The van der Waals surface area contributed by atoms with Gasteiger partial charge in [-0.05, 0) is 52.9 Å². The Hall–Kier alpha value is -1.55. The van der Waals surface area contributed by atoms with Crippen molar-refractivity contribution in [2.75, 3.05) is 39.0 Å². The first-order chi connectivity index (χ1) is 10.0. The van der Waals surface area contributed by atoms with Crippen molar-refractivity contribution in [2.24, 2.45) is 0 Å². The SMILES string of the molecule is CCNc1ccc(C)cc1C(=O)N1CCC(N(C)C)CC1. The van der Waals surface area contributed by atoms with Crippen LogP contribution in [0.1, 0.15) is 35.7 Å². The largest absolute Gasteiger partial charge is 0.385 e. The first-order valence-electron chi connectivity index (χ1n) is 7.83. The number of nitrogens with one attached hydrogen (secondary N) is 1. The molecule has 0 unspecified atom stereocenters. The third-order valence-electron chi connectivity index (χ3n) is 4.25. The van der Waals surface area contributed by atoms with Gasteiger partial charge < -0.3 is 15.1 Å². The third kappa shape index (κ3) is 3.76. The lowest BCUT2D eigenvalue weighted by Gasteiger charge is -2.35. The molecule has 1 aliphatic heterocycles. The van der Waals surface area contributed by atoms with Crippen LogP contribution >= 0.6 is 0 Å². The number of amides is 1. The van der Waals surface area contributed by atoms with Gasteiger partial charge in [0.1, 0.15) is 0 Å². The number of benzene rings is 1. The lowest BCUT2D eigenvalue weighted by molar-refractivity contribution is 0.0664. The van der Waals surface area contributed by atoms with Crippen LogP contribution < -0.4 is 5.32 Å². The van der Waals surface area contributed by atoms with Crippen LogP contribution in [0.15, 0.2) is 18.2 Å². The quantitative estimate of drug-likeness (QED) is 0.925. The van der Waals surface area contributed by atoms with Crippen molar-refractivity contribution in [3.63, 3.8) is 0 Å². The summed E-state index contributed by atoms with van der Waals surface area (Å²) in [4.78, 5) is 17.1. The zero-order chi connectivity index (χ0) is 15.4. The lowest BCUT2D eigenvalue weighted by Crippen LogP contribution is -2.44. The van der Waals surface area contributed by atoms with Gasteiger partial charge in [0, 0.05) is 31.4 Å². The number of piperidine rings is 1. The van der Waals surface area contributed by atoms with E-state index in [0.717, 1.165) is 49.3 Å². The summed E-state index contributed by atoms with van der Waals surface area (Å²) in [6, 6.07) is 6.66. The predicted octanol–water partition coefficient (Wildman–Crippen LogP) is 2.59. The maximum atomic E-state index is 12.8.